The first kappa shape index (κ1) is 20.2. The summed E-state index contributed by atoms with van der Waals surface area (Å²) < 4.78 is 0. The van der Waals surface area contributed by atoms with Gasteiger partial charge in [0.15, 0.2) is 0 Å². The van der Waals surface area contributed by atoms with E-state index in [4.69, 9.17) is 0 Å². The molecule has 0 aliphatic rings. The smallest absolute Gasteiger partial charge is 0.255 e. The predicted octanol–water partition coefficient (Wildman–Crippen LogP) is 4.69. The number of rotatable bonds is 4. The highest BCUT2D eigenvalue weighted by Crippen LogP contribution is 2.22. The molecule has 0 atom stereocenters. The number of aryl methyl sites for hydroxylation is 1. The molecule has 0 unspecified atom stereocenters. The summed E-state index contributed by atoms with van der Waals surface area (Å²) in [7, 11) is 0. The minimum absolute atomic E-state index is 0.108. The lowest BCUT2D eigenvalue weighted by molar-refractivity contribution is -0.123. The van der Waals surface area contributed by atoms with E-state index in [0.717, 1.165) is 11.3 Å². The lowest BCUT2D eigenvalue weighted by Gasteiger charge is -2.18. The van der Waals surface area contributed by atoms with Crippen LogP contribution in [0.4, 0.5) is 11.4 Å². The Morgan fingerprint density at radius 1 is 0.897 bits per heavy atom. The third-order valence-corrected chi connectivity index (χ3v) is 4.26. The van der Waals surface area contributed by atoms with Crippen molar-refractivity contribution in [3.63, 3.8) is 0 Å². The van der Waals surface area contributed by atoms with E-state index in [2.05, 4.69) is 20.6 Å². The number of carbonyl (C=O) groups excluding carboxylic acids is 2. The van der Waals surface area contributed by atoms with Gasteiger partial charge in [0, 0.05) is 34.1 Å². The molecule has 0 saturated carbocycles. The van der Waals surface area contributed by atoms with Crippen molar-refractivity contribution in [2.45, 2.75) is 27.7 Å². The Balaban J connectivity index is 1.76. The third-order valence-electron chi connectivity index (χ3n) is 4.26. The molecule has 3 rings (SSSR count). The number of anilines is 2. The minimum Gasteiger partial charge on any atom is -0.326 e. The Kier molecular flexibility index (Phi) is 5.73. The zero-order chi connectivity index (χ0) is 21.0. The van der Waals surface area contributed by atoms with E-state index >= 15 is 0 Å². The second kappa shape index (κ2) is 8.22. The number of aromatic nitrogens is 2. The summed E-state index contributed by atoms with van der Waals surface area (Å²) in [6.07, 6.45) is 1.71. The maximum atomic E-state index is 12.7. The number of nitrogens with one attached hydrogen (secondary N) is 2. The number of amides is 2. The van der Waals surface area contributed by atoms with Crippen LogP contribution < -0.4 is 10.6 Å². The van der Waals surface area contributed by atoms with Gasteiger partial charge < -0.3 is 10.6 Å². The summed E-state index contributed by atoms with van der Waals surface area (Å²) in [5, 5.41) is 5.74. The van der Waals surface area contributed by atoms with E-state index in [9.17, 15) is 9.59 Å². The van der Waals surface area contributed by atoms with Crippen LogP contribution in [0.15, 0.2) is 60.8 Å². The summed E-state index contributed by atoms with van der Waals surface area (Å²) in [4.78, 5) is 33.4. The summed E-state index contributed by atoms with van der Waals surface area (Å²) >= 11 is 0. The van der Waals surface area contributed by atoms with Crippen molar-refractivity contribution in [2.24, 2.45) is 5.41 Å². The highest BCUT2D eigenvalue weighted by atomic mass is 16.2. The zero-order valence-corrected chi connectivity index (χ0v) is 17.0. The summed E-state index contributed by atoms with van der Waals surface area (Å²) in [5.41, 5.74) is 2.87. The molecule has 0 aliphatic carbocycles. The van der Waals surface area contributed by atoms with Crippen LogP contribution in [0.25, 0.3) is 11.3 Å². The van der Waals surface area contributed by atoms with Gasteiger partial charge in [-0.3, -0.25) is 9.59 Å². The van der Waals surface area contributed by atoms with Crippen molar-refractivity contribution in [2.75, 3.05) is 10.6 Å². The molecule has 0 bridgehead atoms. The maximum absolute atomic E-state index is 12.7. The monoisotopic (exact) mass is 388 g/mol. The van der Waals surface area contributed by atoms with Crippen LogP contribution >= 0.6 is 0 Å². The SMILES string of the molecule is Cc1nccc(-c2cccc(NC(=O)c3cccc(NC(=O)C(C)(C)C)c3)c2)n1. The van der Waals surface area contributed by atoms with Crippen molar-refractivity contribution in [3.8, 4) is 11.3 Å². The predicted molar refractivity (Wildman–Crippen MR) is 115 cm³/mol. The van der Waals surface area contributed by atoms with E-state index in [-0.39, 0.29) is 11.8 Å². The van der Waals surface area contributed by atoms with E-state index < -0.39 is 5.41 Å². The van der Waals surface area contributed by atoms with Gasteiger partial charge >= 0.3 is 0 Å². The first-order valence-corrected chi connectivity index (χ1v) is 9.35. The zero-order valence-electron chi connectivity index (χ0n) is 17.0. The summed E-state index contributed by atoms with van der Waals surface area (Å²) in [6, 6.07) is 16.2. The highest BCUT2D eigenvalue weighted by Gasteiger charge is 2.21. The Morgan fingerprint density at radius 2 is 1.59 bits per heavy atom. The molecular weight excluding hydrogens is 364 g/mol. The second-order valence-electron chi connectivity index (χ2n) is 7.81. The van der Waals surface area contributed by atoms with Gasteiger partial charge in [-0.15, -0.1) is 0 Å². The van der Waals surface area contributed by atoms with Gasteiger partial charge in [0.1, 0.15) is 5.82 Å². The molecule has 0 radical (unpaired) electrons. The summed E-state index contributed by atoms with van der Waals surface area (Å²) in [6.45, 7) is 7.35. The van der Waals surface area contributed by atoms with Gasteiger partial charge in [-0.05, 0) is 43.3 Å². The average molecular weight is 388 g/mol. The van der Waals surface area contributed by atoms with Crippen molar-refractivity contribution < 1.29 is 9.59 Å². The molecule has 29 heavy (non-hydrogen) atoms. The quantitative estimate of drug-likeness (QED) is 0.679. The normalized spacial score (nSPS) is 11.0. The fourth-order valence-corrected chi connectivity index (χ4v) is 2.63. The van der Waals surface area contributed by atoms with Crippen molar-refractivity contribution in [1.82, 2.24) is 9.97 Å². The fourth-order valence-electron chi connectivity index (χ4n) is 2.63. The van der Waals surface area contributed by atoms with Crippen LogP contribution in [0.1, 0.15) is 37.0 Å². The molecule has 2 N–H and O–H groups in total. The van der Waals surface area contributed by atoms with Gasteiger partial charge in [-0.1, -0.05) is 39.0 Å². The highest BCUT2D eigenvalue weighted by molar-refractivity contribution is 6.05. The molecule has 2 amide bonds. The molecule has 0 fully saturated rings. The molecule has 1 aromatic heterocycles. The maximum Gasteiger partial charge on any atom is 0.255 e. The molecule has 6 nitrogen and oxygen atoms in total. The molecule has 1 heterocycles. The standard InChI is InChI=1S/C23H24N4O2/c1-15-24-12-11-20(25-15)16-7-5-9-18(13-16)26-21(28)17-8-6-10-19(14-17)27-22(29)23(2,3)4/h5-14H,1-4H3,(H,26,28)(H,27,29). The Hall–Kier alpha value is -3.54. The fraction of sp³-hybridized carbons (Fsp3) is 0.217. The molecule has 148 valence electrons. The first-order chi connectivity index (χ1) is 13.7. The second-order valence-corrected chi connectivity index (χ2v) is 7.81. The molecule has 0 aliphatic heterocycles. The molecule has 2 aromatic carbocycles. The molecular formula is C23H24N4O2. The number of hydrogen-bond acceptors (Lipinski definition) is 4. The number of benzene rings is 2. The van der Waals surface area contributed by atoms with E-state index in [1.165, 1.54) is 0 Å². The number of nitrogens with zero attached hydrogens (tertiary/aromatic N) is 2. The summed E-state index contributed by atoms with van der Waals surface area (Å²) in [5.74, 6) is 0.321. The Morgan fingerprint density at radius 3 is 2.28 bits per heavy atom. The van der Waals surface area contributed by atoms with Crippen LogP contribution in [-0.2, 0) is 4.79 Å². The van der Waals surface area contributed by atoms with Crippen molar-refractivity contribution in [1.29, 1.82) is 0 Å². The number of carbonyl (C=O) groups is 2. The van der Waals surface area contributed by atoms with Crippen molar-refractivity contribution in [3.05, 3.63) is 72.2 Å². The minimum atomic E-state index is -0.516. The van der Waals surface area contributed by atoms with E-state index in [0.29, 0.717) is 22.8 Å². The topological polar surface area (TPSA) is 84.0 Å². The van der Waals surface area contributed by atoms with Gasteiger partial charge in [-0.2, -0.15) is 0 Å². The molecule has 0 spiro atoms. The number of hydrogen-bond donors (Lipinski definition) is 2. The van der Waals surface area contributed by atoms with Crippen LogP contribution in [0, 0.1) is 12.3 Å². The molecule has 6 heteroatoms. The Bertz CT molecular complexity index is 1050. The van der Waals surface area contributed by atoms with Gasteiger partial charge in [0.05, 0.1) is 5.69 Å². The lowest BCUT2D eigenvalue weighted by Crippen LogP contribution is -2.27. The molecule has 0 saturated heterocycles. The van der Waals surface area contributed by atoms with Crippen LogP contribution in [-0.4, -0.2) is 21.8 Å². The van der Waals surface area contributed by atoms with Crippen LogP contribution in [0.3, 0.4) is 0 Å². The van der Waals surface area contributed by atoms with E-state index in [1.54, 1.807) is 30.5 Å². The largest absolute Gasteiger partial charge is 0.326 e. The molecule has 3 aromatic rings. The van der Waals surface area contributed by atoms with Gasteiger partial charge in [-0.25, -0.2) is 9.97 Å². The third kappa shape index (κ3) is 5.25. The van der Waals surface area contributed by atoms with Gasteiger partial charge in [0.25, 0.3) is 5.91 Å². The Labute approximate surface area is 170 Å². The van der Waals surface area contributed by atoms with E-state index in [1.807, 2.05) is 58.0 Å². The van der Waals surface area contributed by atoms with Crippen molar-refractivity contribution >= 4 is 23.2 Å². The lowest BCUT2D eigenvalue weighted by atomic mass is 9.95. The van der Waals surface area contributed by atoms with Crippen LogP contribution in [0.2, 0.25) is 0 Å². The van der Waals surface area contributed by atoms with Crippen LogP contribution in [0.5, 0.6) is 0 Å². The average Bonchev–Trinajstić information content (AvgIpc) is 2.67. The first-order valence-electron chi connectivity index (χ1n) is 9.35. The van der Waals surface area contributed by atoms with Gasteiger partial charge in [0.2, 0.25) is 5.91 Å².